The molecule has 0 bridgehead atoms. The van der Waals surface area contributed by atoms with Gasteiger partial charge in [0.1, 0.15) is 0 Å². The third-order valence-corrected chi connectivity index (χ3v) is 4.49. The van der Waals surface area contributed by atoms with E-state index in [1.807, 2.05) is 6.92 Å². The van der Waals surface area contributed by atoms with Crippen LogP contribution in [0.4, 0.5) is 0 Å². The number of aliphatic hydroxyl groups excluding tert-OH is 1. The van der Waals surface area contributed by atoms with Crippen LogP contribution in [0.3, 0.4) is 0 Å². The van der Waals surface area contributed by atoms with Crippen LogP contribution in [0.25, 0.3) is 0 Å². The van der Waals surface area contributed by atoms with Gasteiger partial charge >= 0.3 is 0 Å². The molecule has 2 nitrogen and oxygen atoms in total. The molecular formula is C15H26O2. The van der Waals surface area contributed by atoms with Gasteiger partial charge in [-0.2, -0.15) is 0 Å². The van der Waals surface area contributed by atoms with Crippen LogP contribution in [0, 0.1) is 11.8 Å². The fourth-order valence-corrected chi connectivity index (χ4v) is 3.36. The van der Waals surface area contributed by atoms with Crippen molar-refractivity contribution in [2.24, 2.45) is 11.8 Å². The predicted molar refractivity (Wildman–Crippen MR) is 69.9 cm³/mol. The van der Waals surface area contributed by atoms with Crippen molar-refractivity contribution in [1.29, 1.82) is 0 Å². The Morgan fingerprint density at radius 3 is 2.71 bits per heavy atom. The Morgan fingerprint density at radius 2 is 2.18 bits per heavy atom. The predicted octanol–water partition coefficient (Wildman–Crippen LogP) is 3.30. The van der Waals surface area contributed by atoms with Crippen molar-refractivity contribution < 1.29 is 9.84 Å². The molecular weight excluding hydrogens is 212 g/mol. The van der Waals surface area contributed by atoms with E-state index >= 15 is 0 Å². The zero-order chi connectivity index (χ0) is 12.5. The van der Waals surface area contributed by atoms with Gasteiger partial charge in [-0.1, -0.05) is 24.5 Å². The molecule has 1 heterocycles. The molecule has 98 valence electrons. The SMILES string of the molecule is CC(C)=CCC(C(C)O)C1CCCCC12CO2. The maximum absolute atomic E-state index is 10.1. The van der Waals surface area contributed by atoms with Crippen LogP contribution >= 0.6 is 0 Å². The van der Waals surface area contributed by atoms with Crippen molar-refractivity contribution in [2.45, 2.75) is 64.6 Å². The highest BCUT2D eigenvalue weighted by Crippen LogP contribution is 2.50. The minimum absolute atomic E-state index is 0.148. The van der Waals surface area contributed by atoms with Crippen molar-refractivity contribution >= 4 is 0 Å². The van der Waals surface area contributed by atoms with Gasteiger partial charge in [0.2, 0.25) is 0 Å². The van der Waals surface area contributed by atoms with E-state index in [-0.39, 0.29) is 11.7 Å². The van der Waals surface area contributed by atoms with Gasteiger partial charge in [0, 0.05) is 0 Å². The quantitative estimate of drug-likeness (QED) is 0.602. The lowest BCUT2D eigenvalue weighted by Gasteiger charge is -2.36. The van der Waals surface area contributed by atoms with Crippen molar-refractivity contribution in [3.63, 3.8) is 0 Å². The molecule has 17 heavy (non-hydrogen) atoms. The maximum Gasteiger partial charge on any atom is 0.0948 e. The maximum atomic E-state index is 10.1. The largest absolute Gasteiger partial charge is 0.393 e. The Morgan fingerprint density at radius 1 is 1.47 bits per heavy atom. The highest BCUT2D eigenvalue weighted by molar-refractivity contribution is 5.05. The second-order valence-electron chi connectivity index (χ2n) is 6.13. The van der Waals surface area contributed by atoms with Gasteiger partial charge < -0.3 is 9.84 Å². The lowest BCUT2D eigenvalue weighted by molar-refractivity contribution is 0.0291. The fourth-order valence-electron chi connectivity index (χ4n) is 3.36. The monoisotopic (exact) mass is 238 g/mol. The topological polar surface area (TPSA) is 32.8 Å². The summed E-state index contributed by atoms with van der Waals surface area (Å²) in [6.45, 7) is 7.12. The molecule has 0 aromatic rings. The highest BCUT2D eigenvalue weighted by Gasteiger charge is 2.54. The summed E-state index contributed by atoms with van der Waals surface area (Å²) in [5.74, 6) is 0.930. The molecule has 1 spiro atoms. The molecule has 0 amide bonds. The van der Waals surface area contributed by atoms with E-state index in [2.05, 4.69) is 19.9 Å². The normalized spacial score (nSPS) is 35.4. The number of rotatable bonds is 4. The minimum atomic E-state index is -0.227. The molecule has 0 radical (unpaired) electrons. The number of allylic oxidation sites excluding steroid dienone is 2. The summed E-state index contributed by atoms with van der Waals surface area (Å²) >= 11 is 0. The van der Waals surface area contributed by atoms with Crippen molar-refractivity contribution in [3.8, 4) is 0 Å². The van der Waals surface area contributed by atoms with Crippen LogP contribution in [0.15, 0.2) is 11.6 Å². The smallest absolute Gasteiger partial charge is 0.0948 e. The molecule has 2 aliphatic rings. The number of epoxide rings is 1. The Hall–Kier alpha value is -0.340. The summed E-state index contributed by atoms with van der Waals surface area (Å²) in [6, 6.07) is 0. The number of aliphatic hydroxyl groups is 1. The summed E-state index contributed by atoms with van der Waals surface area (Å²) < 4.78 is 5.76. The molecule has 1 aliphatic carbocycles. The van der Waals surface area contributed by atoms with Gasteiger partial charge in [-0.3, -0.25) is 0 Å². The third kappa shape index (κ3) is 2.92. The summed E-state index contributed by atoms with van der Waals surface area (Å²) in [6.07, 6.45) is 8.06. The molecule has 2 fully saturated rings. The zero-order valence-electron chi connectivity index (χ0n) is 11.4. The van der Waals surface area contributed by atoms with Crippen molar-refractivity contribution in [3.05, 3.63) is 11.6 Å². The summed E-state index contributed by atoms with van der Waals surface area (Å²) in [4.78, 5) is 0. The van der Waals surface area contributed by atoms with Gasteiger partial charge in [-0.05, 0) is 51.9 Å². The van der Waals surface area contributed by atoms with Crippen LogP contribution in [0.5, 0.6) is 0 Å². The molecule has 2 heteroatoms. The molecule has 4 unspecified atom stereocenters. The molecule has 0 aromatic carbocycles. The molecule has 0 aromatic heterocycles. The second kappa shape index (κ2) is 5.11. The number of hydrogen-bond donors (Lipinski definition) is 1. The third-order valence-electron chi connectivity index (χ3n) is 4.49. The Kier molecular flexibility index (Phi) is 3.94. The van der Waals surface area contributed by atoms with Gasteiger partial charge in [-0.15, -0.1) is 0 Å². The zero-order valence-corrected chi connectivity index (χ0v) is 11.4. The molecule has 1 N–H and O–H groups in total. The van der Waals surface area contributed by atoms with Gasteiger partial charge in [-0.25, -0.2) is 0 Å². The van der Waals surface area contributed by atoms with E-state index in [0.29, 0.717) is 11.8 Å². The van der Waals surface area contributed by atoms with Gasteiger partial charge in [0.05, 0.1) is 18.3 Å². The lowest BCUT2D eigenvalue weighted by atomic mass is 9.69. The standard InChI is InChI=1S/C15H26O2/c1-11(2)7-8-13(12(3)16)14-6-4-5-9-15(14)10-17-15/h7,12-14,16H,4-6,8-10H2,1-3H3. The molecule has 1 saturated heterocycles. The Balaban J connectivity index is 2.06. The van der Waals surface area contributed by atoms with Crippen LogP contribution in [-0.4, -0.2) is 23.4 Å². The summed E-state index contributed by atoms with van der Waals surface area (Å²) in [7, 11) is 0. The van der Waals surface area contributed by atoms with Crippen molar-refractivity contribution in [1.82, 2.24) is 0 Å². The average molecular weight is 238 g/mol. The summed E-state index contributed by atoms with van der Waals surface area (Å²) in [5.41, 5.74) is 1.49. The Labute approximate surface area is 105 Å². The molecule has 1 aliphatic heterocycles. The lowest BCUT2D eigenvalue weighted by Crippen LogP contribution is -2.38. The van der Waals surface area contributed by atoms with Crippen LogP contribution < -0.4 is 0 Å². The van der Waals surface area contributed by atoms with Crippen molar-refractivity contribution in [2.75, 3.05) is 6.61 Å². The van der Waals surface area contributed by atoms with Gasteiger partial charge in [0.25, 0.3) is 0 Å². The van der Waals surface area contributed by atoms with Crippen LogP contribution in [0.2, 0.25) is 0 Å². The van der Waals surface area contributed by atoms with E-state index < -0.39 is 0 Å². The molecule has 4 atom stereocenters. The number of hydrogen-bond acceptors (Lipinski definition) is 2. The first-order valence-electron chi connectivity index (χ1n) is 7.00. The average Bonchev–Trinajstić information content (AvgIpc) is 3.01. The van der Waals surface area contributed by atoms with E-state index in [4.69, 9.17) is 4.74 Å². The van der Waals surface area contributed by atoms with E-state index in [1.165, 1.54) is 31.3 Å². The van der Waals surface area contributed by atoms with E-state index in [1.54, 1.807) is 0 Å². The number of ether oxygens (including phenoxy) is 1. The second-order valence-corrected chi connectivity index (χ2v) is 6.13. The van der Waals surface area contributed by atoms with E-state index in [0.717, 1.165) is 13.0 Å². The van der Waals surface area contributed by atoms with Crippen LogP contribution in [-0.2, 0) is 4.74 Å². The minimum Gasteiger partial charge on any atom is -0.393 e. The first-order valence-corrected chi connectivity index (χ1v) is 7.00. The highest BCUT2D eigenvalue weighted by atomic mass is 16.6. The fraction of sp³-hybridized carbons (Fsp3) is 0.867. The van der Waals surface area contributed by atoms with Gasteiger partial charge in [0.15, 0.2) is 0 Å². The summed E-state index contributed by atoms with van der Waals surface area (Å²) in [5, 5.41) is 10.1. The first-order chi connectivity index (χ1) is 8.05. The Bertz CT molecular complexity index is 285. The molecule has 2 rings (SSSR count). The first kappa shape index (κ1) is 13.1. The molecule has 1 saturated carbocycles. The van der Waals surface area contributed by atoms with Crippen LogP contribution in [0.1, 0.15) is 52.9 Å². The van der Waals surface area contributed by atoms with E-state index in [9.17, 15) is 5.11 Å².